The van der Waals surface area contributed by atoms with Crippen LogP contribution in [0.25, 0.3) is 5.57 Å². The van der Waals surface area contributed by atoms with Crippen LogP contribution in [0.1, 0.15) is 11.1 Å². The van der Waals surface area contributed by atoms with Gasteiger partial charge in [0.05, 0.1) is 6.10 Å². The van der Waals surface area contributed by atoms with Crippen molar-refractivity contribution >= 4 is 11.5 Å². The molecule has 2 rings (SSSR count). The highest BCUT2D eigenvalue weighted by Crippen LogP contribution is 2.34. The molecule has 1 atom stereocenters. The summed E-state index contributed by atoms with van der Waals surface area (Å²) in [5.74, 6) is -0.875. The van der Waals surface area contributed by atoms with Gasteiger partial charge in [-0.05, 0) is 28.8 Å². The first-order valence-corrected chi connectivity index (χ1v) is 4.94. The normalized spacial score (nSPS) is 21.1. The van der Waals surface area contributed by atoms with Gasteiger partial charge >= 0.3 is 0 Å². The molecule has 0 bridgehead atoms. The molecular formula is C12H12FNO2. The van der Waals surface area contributed by atoms with Crippen molar-refractivity contribution in [3.63, 3.8) is 0 Å². The van der Waals surface area contributed by atoms with Crippen molar-refractivity contribution in [3.05, 3.63) is 41.2 Å². The standard InChI is InChI=1S/C12H12FNO2/c1-16-11-4-7-2-3-8(13)5-9(7)10(11)6-12(14)15/h2-3,5-6,11H,4H2,1H3,(H2,14,15). The Bertz CT molecular complexity index is 468. The number of amides is 1. The number of hydrogen-bond acceptors (Lipinski definition) is 2. The zero-order valence-corrected chi connectivity index (χ0v) is 8.87. The molecule has 3 nitrogen and oxygen atoms in total. The van der Waals surface area contributed by atoms with Crippen LogP contribution in [-0.2, 0) is 16.0 Å². The van der Waals surface area contributed by atoms with Crippen LogP contribution in [0.15, 0.2) is 24.3 Å². The van der Waals surface area contributed by atoms with Crippen LogP contribution in [0.4, 0.5) is 4.39 Å². The highest BCUT2D eigenvalue weighted by molar-refractivity contribution is 5.96. The maximum absolute atomic E-state index is 13.1. The number of nitrogens with two attached hydrogens (primary N) is 1. The zero-order chi connectivity index (χ0) is 11.7. The Morgan fingerprint density at radius 1 is 1.62 bits per heavy atom. The Morgan fingerprint density at radius 2 is 2.38 bits per heavy atom. The van der Waals surface area contributed by atoms with Gasteiger partial charge in [0.2, 0.25) is 5.91 Å². The fourth-order valence-corrected chi connectivity index (χ4v) is 2.01. The number of carbonyl (C=O) groups is 1. The second-order valence-electron chi connectivity index (χ2n) is 3.73. The second-order valence-corrected chi connectivity index (χ2v) is 3.73. The van der Waals surface area contributed by atoms with Crippen LogP contribution in [0.2, 0.25) is 0 Å². The Labute approximate surface area is 92.7 Å². The van der Waals surface area contributed by atoms with Crippen molar-refractivity contribution in [2.24, 2.45) is 5.73 Å². The summed E-state index contributed by atoms with van der Waals surface area (Å²) in [6.45, 7) is 0. The first-order valence-electron chi connectivity index (χ1n) is 4.94. The molecule has 1 amide bonds. The third-order valence-corrected chi connectivity index (χ3v) is 2.72. The van der Waals surface area contributed by atoms with Crippen molar-refractivity contribution in [1.82, 2.24) is 0 Å². The van der Waals surface area contributed by atoms with E-state index in [0.717, 1.165) is 5.56 Å². The summed E-state index contributed by atoms with van der Waals surface area (Å²) in [5.41, 5.74) is 7.46. The number of hydrogen-bond donors (Lipinski definition) is 1. The van der Waals surface area contributed by atoms with Crippen LogP contribution in [0, 0.1) is 5.82 Å². The topological polar surface area (TPSA) is 52.3 Å². The maximum atomic E-state index is 13.1. The van der Waals surface area contributed by atoms with Gasteiger partial charge in [-0.25, -0.2) is 4.39 Å². The summed E-state index contributed by atoms with van der Waals surface area (Å²) >= 11 is 0. The maximum Gasteiger partial charge on any atom is 0.241 e. The second kappa shape index (κ2) is 4.06. The molecule has 0 aromatic heterocycles. The van der Waals surface area contributed by atoms with Gasteiger partial charge in [-0.3, -0.25) is 4.79 Å². The molecule has 0 aliphatic heterocycles. The van der Waals surface area contributed by atoms with Gasteiger partial charge in [-0.15, -0.1) is 0 Å². The number of ether oxygens (including phenoxy) is 1. The van der Waals surface area contributed by atoms with Gasteiger partial charge in [-0.2, -0.15) is 0 Å². The van der Waals surface area contributed by atoms with Crippen molar-refractivity contribution in [1.29, 1.82) is 0 Å². The highest BCUT2D eigenvalue weighted by Gasteiger charge is 2.27. The number of rotatable bonds is 2. The molecule has 0 saturated heterocycles. The van der Waals surface area contributed by atoms with Crippen molar-refractivity contribution in [3.8, 4) is 0 Å². The minimum Gasteiger partial charge on any atom is -0.376 e. The predicted octanol–water partition coefficient (Wildman–Crippen LogP) is 1.27. The average molecular weight is 221 g/mol. The third kappa shape index (κ3) is 1.84. The number of methoxy groups -OCH3 is 1. The molecule has 1 aliphatic rings. The minimum absolute atomic E-state index is 0.218. The average Bonchev–Trinajstić information content (AvgIpc) is 2.56. The summed E-state index contributed by atoms with van der Waals surface area (Å²) < 4.78 is 18.4. The van der Waals surface area contributed by atoms with E-state index in [0.29, 0.717) is 17.6 Å². The zero-order valence-electron chi connectivity index (χ0n) is 8.87. The van der Waals surface area contributed by atoms with E-state index in [9.17, 15) is 9.18 Å². The number of halogens is 1. The molecule has 1 aliphatic carbocycles. The summed E-state index contributed by atoms with van der Waals surface area (Å²) in [7, 11) is 1.56. The Morgan fingerprint density at radius 3 is 3.00 bits per heavy atom. The largest absolute Gasteiger partial charge is 0.376 e. The lowest BCUT2D eigenvalue weighted by Gasteiger charge is -2.09. The van der Waals surface area contributed by atoms with Crippen molar-refractivity contribution in [2.45, 2.75) is 12.5 Å². The smallest absolute Gasteiger partial charge is 0.241 e. The van der Waals surface area contributed by atoms with E-state index in [1.807, 2.05) is 0 Å². The summed E-state index contributed by atoms with van der Waals surface area (Å²) in [6.07, 6.45) is 1.73. The van der Waals surface area contributed by atoms with Gasteiger partial charge in [0.1, 0.15) is 5.82 Å². The Kier molecular flexibility index (Phi) is 2.75. The Hall–Kier alpha value is -1.68. The minimum atomic E-state index is -0.547. The van der Waals surface area contributed by atoms with E-state index in [1.54, 1.807) is 13.2 Å². The highest BCUT2D eigenvalue weighted by atomic mass is 19.1. The van der Waals surface area contributed by atoms with Crippen molar-refractivity contribution in [2.75, 3.05) is 7.11 Å². The molecule has 0 fully saturated rings. The molecule has 1 aromatic carbocycles. The lowest BCUT2D eigenvalue weighted by Crippen LogP contribution is -2.13. The molecule has 1 aromatic rings. The molecular weight excluding hydrogens is 209 g/mol. The van der Waals surface area contributed by atoms with Crippen LogP contribution in [0.3, 0.4) is 0 Å². The lowest BCUT2D eigenvalue weighted by atomic mass is 10.1. The number of benzene rings is 1. The fourth-order valence-electron chi connectivity index (χ4n) is 2.01. The first-order chi connectivity index (χ1) is 7.61. The van der Waals surface area contributed by atoms with E-state index in [-0.39, 0.29) is 11.9 Å². The van der Waals surface area contributed by atoms with Crippen LogP contribution in [0.5, 0.6) is 0 Å². The number of carbonyl (C=O) groups excluding carboxylic acids is 1. The quantitative estimate of drug-likeness (QED) is 0.764. The van der Waals surface area contributed by atoms with Crippen LogP contribution < -0.4 is 5.73 Å². The van der Waals surface area contributed by atoms with E-state index in [1.165, 1.54) is 18.2 Å². The van der Waals surface area contributed by atoms with Gasteiger partial charge in [0, 0.05) is 19.6 Å². The molecule has 0 spiro atoms. The molecule has 1 unspecified atom stereocenters. The van der Waals surface area contributed by atoms with E-state index in [2.05, 4.69) is 0 Å². The van der Waals surface area contributed by atoms with Crippen LogP contribution >= 0.6 is 0 Å². The Balaban J connectivity index is 2.51. The van der Waals surface area contributed by atoms with Gasteiger partial charge in [-0.1, -0.05) is 6.07 Å². The molecule has 2 N–H and O–H groups in total. The summed E-state index contributed by atoms with van der Waals surface area (Å²) in [5, 5.41) is 0. The van der Waals surface area contributed by atoms with Gasteiger partial charge < -0.3 is 10.5 Å². The SMILES string of the molecule is COC1Cc2ccc(F)cc2C1=CC(N)=O. The lowest BCUT2D eigenvalue weighted by molar-refractivity contribution is -0.113. The van der Waals surface area contributed by atoms with Gasteiger partial charge in [0.25, 0.3) is 0 Å². The molecule has 16 heavy (non-hydrogen) atoms. The number of fused-ring (bicyclic) bond motifs is 1. The first kappa shape index (κ1) is 10.8. The predicted molar refractivity (Wildman–Crippen MR) is 58.1 cm³/mol. The monoisotopic (exact) mass is 221 g/mol. The molecule has 0 heterocycles. The van der Waals surface area contributed by atoms with Gasteiger partial charge in [0.15, 0.2) is 0 Å². The molecule has 0 saturated carbocycles. The third-order valence-electron chi connectivity index (χ3n) is 2.72. The molecule has 84 valence electrons. The summed E-state index contributed by atoms with van der Waals surface area (Å²) in [6, 6.07) is 4.51. The summed E-state index contributed by atoms with van der Waals surface area (Å²) in [4.78, 5) is 10.9. The number of primary amides is 1. The fraction of sp³-hybridized carbons (Fsp3) is 0.250. The van der Waals surface area contributed by atoms with E-state index >= 15 is 0 Å². The van der Waals surface area contributed by atoms with Crippen molar-refractivity contribution < 1.29 is 13.9 Å². The molecule has 4 heteroatoms. The molecule has 0 radical (unpaired) electrons. The van der Waals surface area contributed by atoms with E-state index in [4.69, 9.17) is 10.5 Å². The van der Waals surface area contributed by atoms with Crippen LogP contribution in [-0.4, -0.2) is 19.1 Å². The van der Waals surface area contributed by atoms with E-state index < -0.39 is 5.91 Å².